The van der Waals surface area contributed by atoms with E-state index in [4.69, 9.17) is 4.74 Å². The van der Waals surface area contributed by atoms with Gasteiger partial charge in [0.25, 0.3) is 5.91 Å². The highest BCUT2D eigenvalue weighted by Crippen LogP contribution is 2.52. The lowest BCUT2D eigenvalue weighted by atomic mass is 9.65. The number of nitrogens with zero attached hydrogens (tertiary/aromatic N) is 2. The Morgan fingerprint density at radius 3 is 2.79 bits per heavy atom. The van der Waals surface area contributed by atoms with Gasteiger partial charge in [-0.15, -0.1) is 0 Å². The van der Waals surface area contributed by atoms with E-state index in [1.807, 2.05) is 41.3 Å². The summed E-state index contributed by atoms with van der Waals surface area (Å²) in [6.07, 6.45) is 6.13. The molecule has 29 heavy (non-hydrogen) atoms. The van der Waals surface area contributed by atoms with Crippen LogP contribution in [0, 0.1) is 10.8 Å². The van der Waals surface area contributed by atoms with Gasteiger partial charge >= 0.3 is 5.97 Å². The van der Waals surface area contributed by atoms with Gasteiger partial charge in [-0.05, 0) is 48.3 Å². The Kier molecular flexibility index (Phi) is 4.93. The number of para-hydroxylation sites is 1. The van der Waals surface area contributed by atoms with Gasteiger partial charge in [0.05, 0.1) is 11.2 Å². The third kappa shape index (κ3) is 4.34. The molecule has 2 atom stereocenters. The van der Waals surface area contributed by atoms with E-state index in [0.29, 0.717) is 5.69 Å². The van der Waals surface area contributed by atoms with Crippen molar-refractivity contribution in [3.63, 3.8) is 0 Å². The third-order valence-electron chi connectivity index (χ3n) is 6.08. The second kappa shape index (κ2) is 7.29. The molecule has 2 bridgehead atoms. The molecule has 1 aliphatic carbocycles. The van der Waals surface area contributed by atoms with Crippen LogP contribution in [0.4, 0.5) is 0 Å². The first kappa shape index (κ1) is 19.6. The molecule has 1 aliphatic heterocycles. The van der Waals surface area contributed by atoms with Crippen molar-refractivity contribution in [3.8, 4) is 0 Å². The minimum absolute atomic E-state index is 0.0954. The molecule has 5 nitrogen and oxygen atoms in total. The van der Waals surface area contributed by atoms with E-state index in [-0.39, 0.29) is 29.4 Å². The predicted molar refractivity (Wildman–Crippen MR) is 113 cm³/mol. The van der Waals surface area contributed by atoms with E-state index in [0.717, 1.165) is 36.7 Å². The van der Waals surface area contributed by atoms with Crippen LogP contribution in [-0.2, 0) is 14.3 Å². The van der Waals surface area contributed by atoms with E-state index in [2.05, 4.69) is 25.8 Å². The molecule has 152 valence electrons. The van der Waals surface area contributed by atoms with Gasteiger partial charge in [0.15, 0.2) is 6.61 Å². The van der Waals surface area contributed by atoms with Crippen LogP contribution in [0.2, 0.25) is 0 Å². The van der Waals surface area contributed by atoms with Crippen molar-refractivity contribution in [1.82, 2.24) is 9.88 Å². The number of amides is 1. The van der Waals surface area contributed by atoms with Crippen molar-refractivity contribution < 1.29 is 14.3 Å². The van der Waals surface area contributed by atoms with Gasteiger partial charge in [0.2, 0.25) is 0 Å². The summed E-state index contributed by atoms with van der Waals surface area (Å²) >= 11 is 0. The van der Waals surface area contributed by atoms with E-state index in [9.17, 15) is 9.59 Å². The molecular weight excluding hydrogens is 364 g/mol. The highest BCUT2D eigenvalue weighted by Gasteiger charge is 2.50. The fraction of sp³-hybridized carbons (Fsp3) is 0.458. The van der Waals surface area contributed by atoms with Crippen LogP contribution in [0.15, 0.2) is 42.5 Å². The topological polar surface area (TPSA) is 59.5 Å². The highest BCUT2D eigenvalue weighted by molar-refractivity contribution is 5.89. The summed E-state index contributed by atoms with van der Waals surface area (Å²) in [5.74, 6) is -0.621. The average Bonchev–Trinajstić information content (AvgIpc) is 2.93. The highest BCUT2D eigenvalue weighted by atomic mass is 16.5. The molecule has 1 aromatic heterocycles. The molecule has 5 heteroatoms. The van der Waals surface area contributed by atoms with Gasteiger partial charge in [-0.3, -0.25) is 4.79 Å². The molecule has 2 heterocycles. The van der Waals surface area contributed by atoms with Gasteiger partial charge in [-0.1, -0.05) is 45.0 Å². The molecule has 1 aromatic carbocycles. The number of rotatable bonds is 4. The zero-order valence-electron chi connectivity index (χ0n) is 17.4. The molecule has 2 aromatic rings. The molecule has 2 aliphatic rings. The Bertz CT molecular complexity index is 981. The molecule has 2 unspecified atom stereocenters. The molecule has 2 fully saturated rings. The summed E-state index contributed by atoms with van der Waals surface area (Å²) < 4.78 is 5.21. The van der Waals surface area contributed by atoms with Gasteiger partial charge in [0.1, 0.15) is 0 Å². The van der Waals surface area contributed by atoms with E-state index < -0.39 is 5.97 Å². The molecule has 1 saturated heterocycles. The first-order valence-electron chi connectivity index (χ1n) is 10.2. The summed E-state index contributed by atoms with van der Waals surface area (Å²) in [4.78, 5) is 31.2. The van der Waals surface area contributed by atoms with Crippen molar-refractivity contribution in [2.24, 2.45) is 10.8 Å². The van der Waals surface area contributed by atoms with E-state index in [1.165, 1.54) is 6.08 Å². The summed E-state index contributed by atoms with van der Waals surface area (Å²) in [5.41, 5.74) is 1.97. The predicted octanol–water partition coefficient (Wildman–Crippen LogP) is 4.22. The van der Waals surface area contributed by atoms with Crippen molar-refractivity contribution in [1.29, 1.82) is 0 Å². The maximum atomic E-state index is 12.7. The number of pyridine rings is 1. The number of carbonyl (C=O) groups excluding carboxylic acids is 2. The van der Waals surface area contributed by atoms with Crippen LogP contribution < -0.4 is 0 Å². The number of fused-ring (bicyclic) bond motifs is 3. The molecule has 0 radical (unpaired) electrons. The molecule has 0 spiro atoms. The zero-order chi connectivity index (χ0) is 20.6. The number of benzene rings is 1. The van der Waals surface area contributed by atoms with Gasteiger partial charge in [0, 0.05) is 24.0 Å². The largest absolute Gasteiger partial charge is 0.452 e. The number of esters is 1. The summed E-state index contributed by atoms with van der Waals surface area (Å²) in [5, 5.41) is 1.05. The SMILES string of the molecule is CC1(C)CC2CC(C)(CN2C(=O)COC(=O)C=Cc2ccc3ccccc3n2)C1. The van der Waals surface area contributed by atoms with Gasteiger partial charge in [-0.2, -0.15) is 0 Å². The van der Waals surface area contributed by atoms with Crippen molar-refractivity contribution in [2.75, 3.05) is 13.2 Å². The summed E-state index contributed by atoms with van der Waals surface area (Å²) in [6.45, 7) is 7.36. The number of ether oxygens (including phenoxy) is 1. The molecule has 4 rings (SSSR count). The maximum Gasteiger partial charge on any atom is 0.331 e. The van der Waals surface area contributed by atoms with Crippen molar-refractivity contribution in [3.05, 3.63) is 48.2 Å². The van der Waals surface area contributed by atoms with Gasteiger partial charge < -0.3 is 9.64 Å². The average molecular weight is 392 g/mol. The lowest BCUT2D eigenvalue weighted by molar-refractivity contribution is -0.148. The fourth-order valence-corrected chi connectivity index (χ4v) is 5.34. The standard InChI is InChI=1S/C24H28N2O3/c1-23(2)12-19-13-24(3,15-23)16-26(19)21(27)14-29-22(28)11-10-18-9-8-17-6-4-5-7-20(17)25-18/h4-11,19H,12-16H2,1-3H3. The zero-order valence-corrected chi connectivity index (χ0v) is 17.4. The smallest absolute Gasteiger partial charge is 0.331 e. The lowest BCUT2D eigenvalue weighted by Crippen LogP contribution is -2.39. The number of hydrogen-bond acceptors (Lipinski definition) is 4. The second-order valence-electron chi connectivity index (χ2n) is 9.61. The molecule has 1 amide bonds. The monoisotopic (exact) mass is 392 g/mol. The van der Waals surface area contributed by atoms with Gasteiger partial charge in [-0.25, -0.2) is 9.78 Å². The number of carbonyl (C=O) groups is 2. The number of likely N-dealkylation sites (tertiary alicyclic amines) is 1. The molecular formula is C24H28N2O3. The first-order chi connectivity index (χ1) is 13.7. The Morgan fingerprint density at radius 2 is 1.97 bits per heavy atom. The normalized spacial score (nSPS) is 25.5. The van der Waals surface area contributed by atoms with Crippen LogP contribution in [0.25, 0.3) is 17.0 Å². The van der Waals surface area contributed by atoms with Crippen molar-refractivity contribution >= 4 is 28.9 Å². The Balaban J connectivity index is 1.33. The summed E-state index contributed by atoms with van der Waals surface area (Å²) in [6, 6.07) is 11.9. The van der Waals surface area contributed by atoms with Crippen LogP contribution in [0.5, 0.6) is 0 Å². The lowest BCUT2D eigenvalue weighted by Gasteiger charge is -2.39. The molecule has 1 saturated carbocycles. The van der Waals surface area contributed by atoms with Crippen LogP contribution >= 0.6 is 0 Å². The Morgan fingerprint density at radius 1 is 1.17 bits per heavy atom. The minimum atomic E-state index is -0.526. The van der Waals surface area contributed by atoms with Crippen molar-refractivity contribution in [2.45, 2.75) is 46.1 Å². The fourth-order valence-electron chi connectivity index (χ4n) is 5.34. The summed E-state index contributed by atoms with van der Waals surface area (Å²) in [7, 11) is 0. The third-order valence-corrected chi connectivity index (χ3v) is 6.08. The molecule has 0 N–H and O–H groups in total. The van der Waals surface area contributed by atoms with Crippen LogP contribution in [0.3, 0.4) is 0 Å². The Labute approximate surface area is 171 Å². The van der Waals surface area contributed by atoms with Crippen LogP contribution in [-0.4, -0.2) is 41.0 Å². The van der Waals surface area contributed by atoms with E-state index in [1.54, 1.807) is 6.08 Å². The van der Waals surface area contributed by atoms with Crippen LogP contribution in [0.1, 0.15) is 45.7 Å². The minimum Gasteiger partial charge on any atom is -0.452 e. The maximum absolute atomic E-state index is 12.7. The number of hydrogen-bond donors (Lipinski definition) is 0. The Hall–Kier alpha value is -2.69. The number of aromatic nitrogens is 1. The first-order valence-corrected chi connectivity index (χ1v) is 10.2. The quantitative estimate of drug-likeness (QED) is 0.577. The van der Waals surface area contributed by atoms with E-state index >= 15 is 0 Å². The second-order valence-corrected chi connectivity index (χ2v) is 9.61.